The Bertz CT molecular complexity index is 1000. The molecule has 0 amide bonds. The van der Waals surface area contributed by atoms with Crippen LogP contribution in [0.15, 0.2) is 47.5 Å². The van der Waals surface area contributed by atoms with Gasteiger partial charge in [-0.25, -0.2) is 13.4 Å². The van der Waals surface area contributed by atoms with Crippen molar-refractivity contribution in [3.05, 3.63) is 48.2 Å². The highest BCUT2D eigenvalue weighted by atomic mass is 32.2. The molecule has 2 saturated heterocycles. The van der Waals surface area contributed by atoms with Crippen LogP contribution in [-0.2, 0) is 20.9 Å². The first-order valence-electron chi connectivity index (χ1n) is 9.96. The molecular weight excluding hydrogens is 433 g/mol. The van der Waals surface area contributed by atoms with Crippen LogP contribution < -0.4 is 9.80 Å². The van der Waals surface area contributed by atoms with Crippen LogP contribution in [0.25, 0.3) is 0 Å². The molecule has 0 N–H and O–H groups in total. The van der Waals surface area contributed by atoms with Crippen molar-refractivity contribution in [3.8, 4) is 0 Å². The number of alkyl halides is 3. The Labute approximate surface area is 179 Å². The lowest BCUT2D eigenvalue weighted by Crippen LogP contribution is -2.47. The number of morpholine rings is 1. The fourth-order valence-corrected chi connectivity index (χ4v) is 5.07. The summed E-state index contributed by atoms with van der Waals surface area (Å²) in [5.41, 5.74) is -0.124. The van der Waals surface area contributed by atoms with E-state index in [0.717, 1.165) is 6.07 Å². The van der Waals surface area contributed by atoms with Gasteiger partial charge in [0, 0.05) is 51.2 Å². The second-order valence-corrected chi connectivity index (χ2v) is 9.33. The topological polar surface area (TPSA) is 66.0 Å². The number of sulfonamides is 1. The minimum atomic E-state index is -4.37. The van der Waals surface area contributed by atoms with Gasteiger partial charge in [0.15, 0.2) is 0 Å². The Morgan fingerprint density at radius 1 is 0.903 bits per heavy atom. The molecular formula is C20H23F3N4O3S. The lowest BCUT2D eigenvalue weighted by Gasteiger charge is -2.37. The van der Waals surface area contributed by atoms with Crippen molar-refractivity contribution in [1.29, 1.82) is 0 Å². The number of ether oxygens (including phenoxy) is 1. The molecule has 2 fully saturated rings. The van der Waals surface area contributed by atoms with E-state index in [1.165, 1.54) is 22.6 Å². The summed E-state index contributed by atoms with van der Waals surface area (Å²) in [6, 6.07) is 8.54. The molecule has 4 rings (SSSR count). The van der Waals surface area contributed by atoms with Crippen LogP contribution in [0.5, 0.6) is 0 Å². The highest BCUT2D eigenvalue weighted by Crippen LogP contribution is 2.32. The lowest BCUT2D eigenvalue weighted by atomic mass is 10.1. The van der Waals surface area contributed by atoms with Gasteiger partial charge in [-0.2, -0.15) is 17.5 Å². The van der Waals surface area contributed by atoms with E-state index in [1.807, 2.05) is 9.80 Å². The molecule has 0 atom stereocenters. The van der Waals surface area contributed by atoms with Gasteiger partial charge in [0.2, 0.25) is 10.0 Å². The maximum absolute atomic E-state index is 13.0. The van der Waals surface area contributed by atoms with Crippen LogP contribution >= 0.6 is 0 Å². The summed E-state index contributed by atoms with van der Waals surface area (Å²) in [5, 5.41) is 0. The average Bonchev–Trinajstić information content (AvgIpc) is 2.79. The van der Waals surface area contributed by atoms with E-state index in [4.69, 9.17) is 4.74 Å². The van der Waals surface area contributed by atoms with Gasteiger partial charge >= 0.3 is 6.18 Å². The summed E-state index contributed by atoms with van der Waals surface area (Å²) >= 11 is 0. The molecule has 0 radical (unpaired) electrons. The van der Waals surface area contributed by atoms with E-state index in [2.05, 4.69) is 4.98 Å². The van der Waals surface area contributed by atoms with Crippen molar-refractivity contribution < 1.29 is 26.3 Å². The zero-order valence-electron chi connectivity index (χ0n) is 16.8. The first kappa shape index (κ1) is 21.8. The zero-order valence-corrected chi connectivity index (χ0v) is 17.6. The quantitative estimate of drug-likeness (QED) is 0.704. The number of hydrogen-bond acceptors (Lipinski definition) is 6. The third-order valence-corrected chi connectivity index (χ3v) is 7.35. The fourth-order valence-electron chi connectivity index (χ4n) is 3.72. The molecule has 0 bridgehead atoms. The molecule has 2 aliphatic heterocycles. The molecule has 2 aliphatic rings. The van der Waals surface area contributed by atoms with Crippen molar-refractivity contribution in [2.45, 2.75) is 11.1 Å². The van der Waals surface area contributed by atoms with Crippen LogP contribution in [0, 0.1) is 0 Å². The van der Waals surface area contributed by atoms with Gasteiger partial charge in [0.05, 0.1) is 18.8 Å². The lowest BCUT2D eigenvalue weighted by molar-refractivity contribution is -0.137. The third kappa shape index (κ3) is 4.78. The summed E-state index contributed by atoms with van der Waals surface area (Å²) < 4.78 is 70.9. The maximum atomic E-state index is 13.0. The molecule has 0 aliphatic carbocycles. The summed E-state index contributed by atoms with van der Waals surface area (Å²) in [7, 11) is -3.60. The highest BCUT2D eigenvalue weighted by Gasteiger charge is 2.31. The van der Waals surface area contributed by atoms with E-state index < -0.39 is 21.8 Å². The Morgan fingerprint density at radius 2 is 1.58 bits per heavy atom. The standard InChI is InChI=1S/C20H23F3N4O3S/c21-20(22,23)16-2-1-3-17(14-16)25-6-8-26(9-7-25)19-5-4-18(15-24-19)31(28,29)27-10-12-30-13-11-27/h1-5,14-15H,6-13H2. The van der Waals surface area contributed by atoms with Crippen LogP contribution in [0.1, 0.15) is 5.56 Å². The smallest absolute Gasteiger partial charge is 0.379 e. The van der Waals surface area contributed by atoms with Gasteiger partial charge in [0.1, 0.15) is 10.7 Å². The molecule has 3 heterocycles. The minimum absolute atomic E-state index is 0.140. The SMILES string of the molecule is O=S(=O)(c1ccc(N2CCN(c3cccc(C(F)(F)F)c3)CC2)nc1)N1CCOCC1. The molecule has 0 spiro atoms. The van der Waals surface area contributed by atoms with Gasteiger partial charge in [-0.15, -0.1) is 0 Å². The van der Waals surface area contributed by atoms with Gasteiger partial charge in [-0.05, 0) is 30.3 Å². The summed E-state index contributed by atoms with van der Waals surface area (Å²) in [6.07, 6.45) is -3.01. The van der Waals surface area contributed by atoms with Crippen LogP contribution in [-0.4, -0.2) is 70.2 Å². The number of nitrogens with zero attached hydrogens (tertiary/aromatic N) is 4. The predicted molar refractivity (Wildman–Crippen MR) is 110 cm³/mol. The highest BCUT2D eigenvalue weighted by molar-refractivity contribution is 7.89. The molecule has 1 aromatic carbocycles. The third-order valence-electron chi connectivity index (χ3n) is 5.47. The van der Waals surface area contributed by atoms with E-state index in [1.54, 1.807) is 18.2 Å². The van der Waals surface area contributed by atoms with Gasteiger partial charge in [-0.1, -0.05) is 6.07 Å². The Kier molecular flexibility index (Phi) is 6.09. The molecule has 1 aromatic heterocycles. The molecule has 2 aromatic rings. The van der Waals surface area contributed by atoms with Gasteiger partial charge in [0.25, 0.3) is 0 Å². The number of hydrogen-bond donors (Lipinski definition) is 0. The molecule has 0 saturated carbocycles. The normalized spacial score (nSPS) is 18.9. The molecule has 7 nitrogen and oxygen atoms in total. The van der Waals surface area contributed by atoms with Gasteiger partial charge < -0.3 is 14.5 Å². The van der Waals surface area contributed by atoms with E-state index >= 15 is 0 Å². The first-order valence-corrected chi connectivity index (χ1v) is 11.4. The Hall–Kier alpha value is -2.37. The molecule has 168 valence electrons. The Balaban J connectivity index is 1.40. The number of anilines is 2. The van der Waals surface area contributed by atoms with Crippen molar-refractivity contribution in [2.75, 3.05) is 62.3 Å². The van der Waals surface area contributed by atoms with Crippen molar-refractivity contribution in [2.24, 2.45) is 0 Å². The van der Waals surface area contributed by atoms with Crippen LogP contribution in [0.4, 0.5) is 24.7 Å². The fraction of sp³-hybridized carbons (Fsp3) is 0.450. The number of rotatable bonds is 4. The zero-order chi connectivity index (χ0) is 22.1. The summed E-state index contributed by atoms with van der Waals surface area (Å²) in [4.78, 5) is 8.37. The monoisotopic (exact) mass is 456 g/mol. The summed E-state index contributed by atoms with van der Waals surface area (Å²) in [6.45, 7) is 3.61. The molecule has 31 heavy (non-hydrogen) atoms. The van der Waals surface area contributed by atoms with Crippen molar-refractivity contribution >= 4 is 21.5 Å². The summed E-state index contributed by atoms with van der Waals surface area (Å²) in [5.74, 6) is 0.643. The largest absolute Gasteiger partial charge is 0.416 e. The van der Waals surface area contributed by atoms with E-state index in [9.17, 15) is 21.6 Å². The van der Waals surface area contributed by atoms with Gasteiger partial charge in [-0.3, -0.25) is 0 Å². The number of halogens is 3. The minimum Gasteiger partial charge on any atom is -0.379 e. The second-order valence-electron chi connectivity index (χ2n) is 7.39. The number of piperazine rings is 1. The number of pyridine rings is 1. The Morgan fingerprint density at radius 3 is 2.19 bits per heavy atom. The predicted octanol–water partition coefficient (Wildman–Crippen LogP) is 2.45. The van der Waals surface area contributed by atoms with Crippen molar-refractivity contribution in [3.63, 3.8) is 0 Å². The number of aromatic nitrogens is 1. The average molecular weight is 456 g/mol. The van der Waals surface area contributed by atoms with Crippen LogP contribution in [0.3, 0.4) is 0 Å². The van der Waals surface area contributed by atoms with E-state index in [0.29, 0.717) is 64.0 Å². The van der Waals surface area contributed by atoms with Crippen LogP contribution in [0.2, 0.25) is 0 Å². The molecule has 0 unspecified atom stereocenters. The molecule has 11 heteroatoms. The maximum Gasteiger partial charge on any atom is 0.416 e. The first-order chi connectivity index (χ1) is 14.7. The van der Waals surface area contributed by atoms with E-state index in [-0.39, 0.29) is 4.90 Å². The number of benzene rings is 1. The van der Waals surface area contributed by atoms with Crippen molar-refractivity contribution in [1.82, 2.24) is 9.29 Å². The second kappa shape index (κ2) is 8.64.